The predicted molar refractivity (Wildman–Crippen MR) is 41.4 cm³/mol. The fourth-order valence-electron chi connectivity index (χ4n) is 1.92. The van der Waals surface area contributed by atoms with Crippen LogP contribution in [0.15, 0.2) is 0 Å². The quantitative estimate of drug-likeness (QED) is 0.533. The van der Waals surface area contributed by atoms with Gasteiger partial charge in [0.1, 0.15) is 0 Å². The van der Waals surface area contributed by atoms with Crippen molar-refractivity contribution in [2.24, 2.45) is 11.8 Å². The molecular formula is C9H18. The average Bonchev–Trinajstić information content (AvgIpc) is 2.34. The average molecular weight is 126 g/mol. The van der Waals surface area contributed by atoms with Crippen LogP contribution >= 0.6 is 0 Å². The van der Waals surface area contributed by atoms with Gasteiger partial charge in [0.05, 0.1) is 0 Å². The molecule has 0 nitrogen and oxygen atoms in total. The largest absolute Gasteiger partial charge is 0.0651 e. The molecule has 0 aromatic heterocycles. The molecule has 1 aliphatic rings. The Morgan fingerprint density at radius 1 is 1.00 bits per heavy atom. The number of hydrogen-bond acceptors (Lipinski definition) is 0. The Bertz CT molecular complexity index is 66.1. The van der Waals surface area contributed by atoms with E-state index in [2.05, 4.69) is 13.8 Å². The molecule has 9 heavy (non-hydrogen) atoms. The van der Waals surface area contributed by atoms with Crippen molar-refractivity contribution in [1.82, 2.24) is 0 Å². The van der Waals surface area contributed by atoms with Gasteiger partial charge in [-0.2, -0.15) is 0 Å². The lowest BCUT2D eigenvalue weighted by Crippen LogP contribution is -1.92. The van der Waals surface area contributed by atoms with Gasteiger partial charge in [0, 0.05) is 0 Å². The smallest absolute Gasteiger partial charge is 0.0414 e. The van der Waals surface area contributed by atoms with Crippen molar-refractivity contribution in [2.75, 3.05) is 0 Å². The van der Waals surface area contributed by atoms with Gasteiger partial charge in [-0.3, -0.25) is 0 Å². The van der Waals surface area contributed by atoms with Crippen molar-refractivity contribution in [3.05, 3.63) is 0 Å². The van der Waals surface area contributed by atoms with Crippen molar-refractivity contribution in [1.29, 1.82) is 0 Å². The summed E-state index contributed by atoms with van der Waals surface area (Å²) in [4.78, 5) is 0. The van der Waals surface area contributed by atoms with E-state index in [9.17, 15) is 0 Å². The second-order valence-electron chi connectivity index (χ2n) is 3.36. The van der Waals surface area contributed by atoms with Crippen molar-refractivity contribution < 1.29 is 0 Å². The van der Waals surface area contributed by atoms with E-state index < -0.39 is 0 Å². The highest BCUT2D eigenvalue weighted by Gasteiger charge is 2.20. The van der Waals surface area contributed by atoms with Crippen LogP contribution in [0.4, 0.5) is 0 Å². The molecule has 1 unspecified atom stereocenters. The summed E-state index contributed by atoms with van der Waals surface area (Å²) in [6.07, 6.45) is 7.37. The van der Waals surface area contributed by atoms with Crippen LogP contribution in [0, 0.1) is 11.8 Å². The number of hydrogen-bond donors (Lipinski definition) is 0. The molecule has 0 bridgehead atoms. The van der Waals surface area contributed by atoms with Gasteiger partial charge in [-0.25, -0.2) is 0 Å². The summed E-state index contributed by atoms with van der Waals surface area (Å²) in [5, 5.41) is 0. The molecule has 1 aliphatic carbocycles. The molecule has 0 amide bonds. The third kappa shape index (κ3) is 1.70. The molecule has 2 atom stereocenters. The van der Waals surface area contributed by atoms with E-state index in [1.54, 1.807) is 0 Å². The van der Waals surface area contributed by atoms with E-state index in [0.717, 1.165) is 11.8 Å². The second kappa shape index (κ2) is 3.24. The highest BCUT2D eigenvalue weighted by molar-refractivity contribution is 4.73. The van der Waals surface area contributed by atoms with Crippen LogP contribution in [-0.2, 0) is 0 Å². The van der Waals surface area contributed by atoms with E-state index in [1.807, 2.05) is 0 Å². The zero-order valence-electron chi connectivity index (χ0n) is 6.69. The van der Waals surface area contributed by atoms with Crippen LogP contribution < -0.4 is 0 Å². The van der Waals surface area contributed by atoms with Crippen LogP contribution in [0.3, 0.4) is 0 Å². The Morgan fingerprint density at radius 2 is 1.44 bits per heavy atom. The molecule has 1 fully saturated rings. The van der Waals surface area contributed by atoms with Gasteiger partial charge in [0.15, 0.2) is 0 Å². The molecule has 0 aromatic carbocycles. The lowest BCUT2D eigenvalue weighted by Gasteiger charge is -2.05. The highest BCUT2D eigenvalue weighted by Crippen LogP contribution is 2.34. The van der Waals surface area contributed by atoms with Gasteiger partial charge in [-0.1, -0.05) is 39.5 Å². The lowest BCUT2D eigenvalue weighted by molar-refractivity contribution is 0.471. The molecule has 54 valence electrons. The maximum atomic E-state index is 2.32. The van der Waals surface area contributed by atoms with E-state index in [-0.39, 0.29) is 0 Å². The molecule has 1 rings (SSSR count). The molecular weight excluding hydrogens is 108 g/mol. The molecule has 1 saturated carbocycles. The Hall–Kier alpha value is 0. The Kier molecular flexibility index (Phi) is 2.56. The molecule has 0 N–H and O–H groups in total. The summed E-state index contributed by atoms with van der Waals surface area (Å²) < 4.78 is 0. The summed E-state index contributed by atoms with van der Waals surface area (Å²) in [6.45, 7) is 4.64. The minimum Gasteiger partial charge on any atom is -0.0651 e. The first kappa shape index (κ1) is 7.11. The minimum atomic E-state index is 1.08. The molecule has 0 heteroatoms. The number of rotatable bonds is 2. The maximum Gasteiger partial charge on any atom is -0.0414 e. The molecule has 0 radical (unpaired) electrons. The maximum absolute atomic E-state index is 2.32. The van der Waals surface area contributed by atoms with Crippen LogP contribution in [0.2, 0.25) is 0 Å². The summed E-state index contributed by atoms with van der Waals surface area (Å²) in [6, 6.07) is 0. The first-order chi connectivity index (χ1) is 4.36. The molecule has 0 saturated heterocycles. The standard InChI is InChI=1S/C9H18/c1-3-8-5-6-9(4-2)7-8/h8-9H,3-7H2,1-2H3/t8-,9?/m1/s1. The van der Waals surface area contributed by atoms with Crippen LogP contribution in [0.5, 0.6) is 0 Å². The normalized spacial score (nSPS) is 35.3. The summed E-state index contributed by atoms with van der Waals surface area (Å²) >= 11 is 0. The SMILES string of the molecule is CCC1CC[C@@H](CC)C1. The Labute approximate surface area is 58.7 Å². The fourth-order valence-corrected chi connectivity index (χ4v) is 1.92. The Balaban J connectivity index is 2.20. The van der Waals surface area contributed by atoms with Gasteiger partial charge >= 0.3 is 0 Å². The first-order valence-corrected chi connectivity index (χ1v) is 4.36. The van der Waals surface area contributed by atoms with Crippen molar-refractivity contribution in [3.63, 3.8) is 0 Å². The van der Waals surface area contributed by atoms with E-state index in [0.29, 0.717) is 0 Å². The van der Waals surface area contributed by atoms with Crippen molar-refractivity contribution in [3.8, 4) is 0 Å². The third-order valence-corrected chi connectivity index (χ3v) is 2.80. The zero-order valence-corrected chi connectivity index (χ0v) is 6.69. The van der Waals surface area contributed by atoms with Gasteiger partial charge in [-0.05, 0) is 18.3 Å². The van der Waals surface area contributed by atoms with Gasteiger partial charge < -0.3 is 0 Å². The zero-order chi connectivity index (χ0) is 6.69. The molecule has 0 aromatic rings. The van der Waals surface area contributed by atoms with Crippen LogP contribution in [0.25, 0.3) is 0 Å². The van der Waals surface area contributed by atoms with Crippen molar-refractivity contribution >= 4 is 0 Å². The van der Waals surface area contributed by atoms with E-state index in [4.69, 9.17) is 0 Å². The first-order valence-electron chi connectivity index (χ1n) is 4.36. The van der Waals surface area contributed by atoms with Gasteiger partial charge in [0.2, 0.25) is 0 Å². The van der Waals surface area contributed by atoms with Gasteiger partial charge in [-0.15, -0.1) is 0 Å². The lowest BCUT2D eigenvalue weighted by atomic mass is 10.0. The van der Waals surface area contributed by atoms with E-state index >= 15 is 0 Å². The van der Waals surface area contributed by atoms with Gasteiger partial charge in [0.25, 0.3) is 0 Å². The van der Waals surface area contributed by atoms with E-state index in [1.165, 1.54) is 32.1 Å². The van der Waals surface area contributed by atoms with Crippen LogP contribution in [-0.4, -0.2) is 0 Å². The summed E-state index contributed by atoms with van der Waals surface area (Å²) in [5.41, 5.74) is 0. The molecule has 0 aliphatic heterocycles. The monoisotopic (exact) mass is 126 g/mol. The summed E-state index contributed by atoms with van der Waals surface area (Å²) in [7, 11) is 0. The highest BCUT2D eigenvalue weighted by atomic mass is 14.3. The minimum absolute atomic E-state index is 1.08. The molecule has 0 heterocycles. The molecule has 0 spiro atoms. The topological polar surface area (TPSA) is 0 Å². The second-order valence-corrected chi connectivity index (χ2v) is 3.36. The predicted octanol–water partition coefficient (Wildman–Crippen LogP) is 3.22. The Morgan fingerprint density at radius 3 is 1.67 bits per heavy atom. The van der Waals surface area contributed by atoms with Crippen molar-refractivity contribution in [2.45, 2.75) is 46.0 Å². The fraction of sp³-hybridized carbons (Fsp3) is 1.00. The summed E-state index contributed by atoms with van der Waals surface area (Å²) in [5.74, 6) is 2.16. The third-order valence-electron chi connectivity index (χ3n) is 2.80. The van der Waals surface area contributed by atoms with Crippen LogP contribution in [0.1, 0.15) is 46.0 Å².